The number of allylic oxidation sites excluding steroid dienone is 5. The number of nitrogens with two attached hydrogens (primary N) is 1. The number of hydrogen-bond acceptors (Lipinski definition) is 5. The van der Waals surface area contributed by atoms with Crippen LogP contribution in [0.5, 0.6) is 0 Å². The van der Waals surface area contributed by atoms with Gasteiger partial charge in [-0.2, -0.15) is 0 Å². The fourth-order valence-electron chi connectivity index (χ4n) is 5.64. The van der Waals surface area contributed by atoms with Crippen molar-refractivity contribution in [3.05, 3.63) is 125 Å². The van der Waals surface area contributed by atoms with Gasteiger partial charge in [0.05, 0.1) is 17.9 Å². The summed E-state index contributed by atoms with van der Waals surface area (Å²) in [5.41, 5.74) is 12.1. The molecule has 1 fully saturated rings. The van der Waals surface area contributed by atoms with Gasteiger partial charge in [-0.25, -0.2) is 22.5 Å². The summed E-state index contributed by atoms with van der Waals surface area (Å²) in [4.78, 5) is 11.9. The van der Waals surface area contributed by atoms with Gasteiger partial charge in [-0.1, -0.05) is 43.5 Å². The molecule has 0 amide bonds. The quantitative estimate of drug-likeness (QED) is 0.0954. The first-order chi connectivity index (χ1) is 22.3. The highest BCUT2D eigenvalue weighted by molar-refractivity contribution is 5.82. The number of nitrogen functional groups attached to an aromatic ring is 1. The average molecular weight is 649 g/mol. The molecule has 0 saturated carbocycles. The Hall–Kier alpha value is -4.41. The van der Waals surface area contributed by atoms with Gasteiger partial charge in [0.15, 0.2) is 0 Å². The fraction of sp³-hybridized carbons (Fsp3) is 0.324. The molecule has 250 valence electrons. The van der Waals surface area contributed by atoms with Gasteiger partial charge in [0.1, 0.15) is 17.5 Å². The topological polar surface area (TPSA) is 73.2 Å². The number of likely N-dealkylation sites (tertiary alicyclic amines) is 1. The SMILES string of the molecule is C=C/C=C(/c1cc(F)cc(NCCN(C)C)c1)c1nc(Cc2cc(C(/C=C(\C=C)CN3CCC(F)(F)C3)=C/C)cc(F)c2N)[nH]c1C. The minimum absolute atomic E-state index is 0.00690. The highest BCUT2D eigenvalue weighted by atomic mass is 19.3. The number of nitrogens with zero attached hydrogens (tertiary/aromatic N) is 3. The third-order valence-electron chi connectivity index (χ3n) is 8.05. The molecule has 0 aliphatic carbocycles. The zero-order chi connectivity index (χ0) is 34.3. The summed E-state index contributed by atoms with van der Waals surface area (Å²) in [6.07, 6.45) is 8.75. The van der Waals surface area contributed by atoms with Gasteiger partial charge in [0, 0.05) is 56.0 Å². The lowest BCUT2D eigenvalue weighted by Crippen LogP contribution is -2.26. The number of hydrogen-bond donors (Lipinski definition) is 3. The maximum atomic E-state index is 15.2. The summed E-state index contributed by atoms with van der Waals surface area (Å²) < 4.78 is 57.5. The number of nitrogens with one attached hydrogen (secondary N) is 2. The van der Waals surface area contributed by atoms with Crippen molar-refractivity contribution in [2.75, 3.05) is 57.9 Å². The van der Waals surface area contributed by atoms with E-state index < -0.39 is 11.7 Å². The fourth-order valence-corrected chi connectivity index (χ4v) is 5.64. The molecule has 1 aliphatic heterocycles. The second-order valence-electron chi connectivity index (χ2n) is 12.1. The smallest absolute Gasteiger partial charge is 0.261 e. The van der Waals surface area contributed by atoms with E-state index >= 15 is 4.39 Å². The lowest BCUT2D eigenvalue weighted by atomic mass is 9.97. The van der Waals surface area contributed by atoms with Crippen molar-refractivity contribution in [3.63, 3.8) is 0 Å². The molecule has 4 rings (SSSR count). The largest absolute Gasteiger partial charge is 0.396 e. The summed E-state index contributed by atoms with van der Waals surface area (Å²) in [6.45, 7) is 13.2. The van der Waals surface area contributed by atoms with Gasteiger partial charge < -0.3 is 20.9 Å². The predicted molar refractivity (Wildman–Crippen MR) is 186 cm³/mol. The second kappa shape index (κ2) is 15.5. The molecular weight excluding hydrogens is 604 g/mol. The third-order valence-corrected chi connectivity index (χ3v) is 8.05. The third kappa shape index (κ3) is 9.33. The lowest BCUT2D eigenvalue weighted by Gasteiger charge is -2.17. The van der Waals surface area contributed by atoms with Crippen molar-refractivity contribution in [3.8, 4) is 0 Å². The van der Waals surface area contributed by atoms with E-state index in [1.165, 1.54) is 18.2 Å². The second-order valence-corrected chi connectivity index (χ2v) is 12.1. The summed E-state index contributed by atoms with van der Waals surface area (Å²) >= 11 is 0. The number of likely N-dealkylation sites (N-methyl/N-ethyl adjacent to an activating group) is 1. The van der Waals surface area contributed by atoms with Crippen LogP contribution in [-0.2, 0) is 6.42 Å². The van der Waals surface area contributed by atoms with Crippen molar-refractivity contribution in [2.24, 2.45) is 0 Å². The Morgan fingerprint density at radius 3 is 2.55 bits per heavy atom. The zero-order valence-corrected chi connectivity index (χ0v) is 27.6. The van der Waals surface area contributed by atoms with Gasteiger partial charge in [0.25, 0.3) is 5.92 Å². The maximum Gasteiger partial charge on any atom is 0.261 e. The van der Waals surface area contributed by atoms with Crippen LogP contribution in [0.3, 0.4) is 0 Å². The summed E-state index contributed by atoms with van der Waals surface area (Å²) in [7, 11) is 3.94. The number of anilines is 2. The molecule has 47 heavy (non-hydrogen) atoms. The molecule has 3 aromatic rings. The van der Waals surface area contributed by atoms with Crippen LogP contribution in [0.25, 0.3) is 11.1 Å². The number of aromatic nitrogens is 2. The number of aromatic amines is 1. The van der Waals surface area contributed by atoms with Gasteiger partial charge >= 0.3 is 0 Å². The first-order valence-electron chi connectivity index (χ1n) is 15.6. The highest BCUT2D eigenvalue weighted by Crippen LogP contribution is 2.32. The van der Waals surface area contributed by atoms with Crippen molar-refractivity contribution < 1.29 is 17.6 Å². The van der Waals surface area contributed by atoms with E-state index in [-0.39, 0.29) is 30.9 Å². The molecule has 1 saturated heterocycles. The monoisotopic (exact) mass is 648 g/mol. The molecule has 1 aliphatic rings. The Labute approximate surface area is 275 Å². The molecule has 4 N–H and O–H groups in total. The first kappa shape index (κ1) is 35.4. The van der Waals surface area contributed by atoms with Crippen LogP contribution in [0.15, 0.2) is 79.4 Å². The Kier molecular flexibility index (Phi) is 11.7. The molecular formula is C37H44F4N6. The van der Waals surface area contributed by atoms with Crippen LogP contribution in [0.4, 0.5) is 28.9 Å². The molecule has 0 spiro atoms. The number of imidazole rings is 1. The molecule has 0 radical (unpaired) electrons. The van der Waals surface area contributed by atoms with Crippen LogP contribution in [-0.4, -0.2) is 72.5 Å². The molecule has 2 aromatic carbocycles. The minimum Gasteiger partial charge on any atom is -0.396 e. The number of alkyl halides is 2. The lowest BCUT2D eigenvalue weighted by molar-refractivity contribution is 0.0131. The summed E-state index contributed by atoms with van der Waals surface area (Å²) in [5, 5.41) is 3.27. The van der Waals surface area contributed by atoms with Gasteiger partial charge in [-0.15, -0.1) is 0 Å². The van der Waals surface area contributed by atoms with Gasteiger partial charge in [-0.3, -0.25) is 4.90 Å². The number of rotatable bonds is 14. The molecule has 0 bridgehead atoms. The van der Waals surface area contributed by atoms with Crippen molar-refractivity contribution in [2.45, 2.75) is 32.6 Å². The number of H-pyrrole nitrogens is 1. The highest BCUT2D eigenvalue weighted by Gasteiger charge is 2.38. The molecule has 10 heteroatoms. The van der Waals surface area contributed by atoms with E-state index in [1.807, 2.05) is 57.1 Å². The van der Waals surface area contributed by atoms with Crippen LogP contribution in [0.1, 0.15) is 47.2 Å². The average Bonchev–Trinajstić information content (AvgIpc) is 3.55. The zero-order valence-electron chi connectivity index (χ0n) is 27.6. The Bertz CT molecular complexity index is 1700. The summed E-state index contributed by atoms with van der Waals surface area (Å²) in [6, 6.07) is 7.96. The summed E-state index contributed by atoms with van der Waals surface area (Å²) in [5.74, 6) is -3.10. The number of aryl methyl sites for hydroxylation is 1. The molecule has 6 nitrogen and oxygen atoms in total. The minimum atomic E-state index is -2.69. The van der Waals surface area contributed by atoms with Crippen LogP contribution in [0.2, 0.25) is 0 Å². The van der Waals surface area contributed by atoms with Crippen molar-refractivity contribution >= 4 is 22.5 Å². The van der Waals surface area contributed by atoms with E-state index in [9.17, 15) is 13.2 Å². The number of halogens is 4. The van der Waals surface area contributed by atoms with Crippen LogP contribution in [0, 0.1) is 18.6 Å². The molecule has 0 unspecified atom stereocenters. The predicted octanol–water partition coefficient (Wildman–Crippen LogP) is 7.62. The van der Waals surface area contributed by atoms with E-state index in [0.29, 0.717) is 64.7 Å². The van der Waals surface area contributed by atoms with Gasteiger partial charge in [0.2, 0.25) is 0 Å². The van der Waals surface area contributed by atoms with E-state index in [0.717, 1.165) is 17.8 Å². The molecule has 0 atom stereocenters. The van der Waals surface area contributed by atoms with E-state index in [2.05, 4.69) is 23.5 Å². The Morgan fingerprint density at radius 1 is 1.15 bits per heavy atom. The first-order valence-corrected chi connectivity index (χ1v) is 15.6. The van der Waals surface area contributed by atoms with Crippen LogP contribution >= 0.6 is 0 Å². The van der Waals surface area contributed by atoms with E-state index in [4.69, 9.17) is 10.7 Å². The van der Waals surface area contributed by atoms with Gasteiger partial charge in [-0.05, 0) is 86.1 Å². The van der Waals surface area contributed by atoms with Crippen molar-refractivity contribution in [1.29, 1.82) is 0 Å². The molecule has 2 heterocycles. The molecule has 1 aromatic heterocycles. The van der Waals surface area contributed by atoms with Crippen molar-refractivity contribution in [1.82, 2.24) is 19.8 Å². The number of benzene rings is 2. The van der Waals surface area contributed by atoms with Crippen LogP contribution < -0.4 is 11.1 Å². The van der Waals surface area contributed by atoms with E-state index in [1.54, 1.807) is 23.1 Å². The normalized spacial score (nSPS) is 15.8. The Balaban J connectivity index is 1.61. The maximum absolute atomic E-state index is 15.2. The standard InChI is InChI=1S/C37H44F4N6/c1-7-10-32(28-17-30(38)21-31(18-28)43-12-14-46(5)6)36-24(4)44-34(45-36)20-29-16-27(19-33(39)35(29)42)26(9-3)15-25(8-2)22-47-13-11-37(40,41)23-47/h7-10,15-19,21,43H,1-2,11-14,20,22-23,42H2,3-6H3,(H,44,45)/b25-15+,26-9+,32-10-. The Morgan fingerprint density at radius 2 is 1.91 bits per heavy atom.